The van der Waals surface area contributed by atoms with Crippen LogP contribution in [0.3, 0.4) is 0 Å². The Morgan fingerprint density at radius 1 is 1.08 bits per heavy atom. The van der Waals surface area contributed by atoms with Gasteiger partial charge >= 0.3 is 0 Å². The number of nitrogens with one attached hydrogen (secondary N) is 1. The lowest BCUT2D eigenvalue weighted by molar-refractivity contribution is 0.0935. The topological polar surface area (TPSA) is 60.5 Å². The summed E-state index contributed by atoms with van der Waals surface area (Å²) in [6.45, 7) is 1.95. The molecule has 1 N–H and O–H groups in total. The highest BCUT2D eigenvalue weighted by atomic mass is 32.1. The maximum atomic E-state index is 12.5. The summed E-state index contributed by atoms with van der Waals surface area (Å²) in [6.07, 6.45) is 0. The van der Waals surface area contributed by atoms with Crippen LogP contribution in [0.5, 0.6) is 11.5 Å². The normalized spacial score (nSPS) is 11.7. The van der Waals surface area contributed by atoms with Crippen LogP contribution in [0.4, 0.5) is 0 Å². The molecule has 3 rings (SSSR count). The minimum absolute atomic E-state index is 0.0970. The molecule has 0 aliphatic rings. The maximum absolute atomic E-state index is 12.5. The number of benzene rings is 2. The summed E-state index contributed by atoms with van der Waals surface area (Å²) in [4.78, 5) is 17.0. The van der Waals surface area contributed by atoms with Gasteiger partial charge in [0.1, 0.15) is 10.7 Å². The van der Waals surface area contributed by atoms with Crippen LogP contribution in [-0.2, 0) is 0 Å². The van der Waals surface area contributed by atoms with Crippen molar-refractivity contribution in [1.29, 1.82) is 0 Å². The van der Waals surface area contributed by atoms with E-state index in [9.17, 15) is 4.79 Å². The Bertz CT molecular complexity index is 893. The Labute approximate surface area is 156 Å². The largest absolute Gasteiger partial charge is 0.493 e. The number of nitrogens with zero attached hydrogens (tertiary/aromatic N) is 1. The first-order valence-electron chi connectivity index (χ1n) is 8.16. The zero-order valence-corrected chi connectivity index (χ0v) is 15.7. The Morgan fingerprint density at radius 3 is 2.54 bits per heavy atom. The molecule has 0 aliphatic carbocycles. The molecule has 5 nitrogen and oxygen atoms in total. The fourth-order valence-corrected chi connectivity index (χ4v) is 3.47. The van der Waals surface area contributed by atoms with Crippen molar-refractivity contribution in [2.45, 2.75) is 13.0 Å². The lowest BCUT2D eigenvalue weighted by Gasteiger charge is -2.13. The van der Waals surface area contributed by atoms with Gasteiger partial charge in [0, 0.05) is 5.38 Å². The zero-order chi connectivity index (χ0) is 18.5. The zero-order valence-electron chi connectivity index (χ0n) is 14.9. The van der Waals surface area contributed by atoms with Gasteiger partial charge in [0.2, 0.25) is 0 Å². The number of methoxy groups -OCH3 is 2. The molecular weight excluding hydrogens is 348 g/mol. The van der Waals surface area contributed by atoms with Crippen molar-refractivity contribution in [2.24, 2.45) is 0 Å². The highest BCUT2D eigenvalue weighted by Crippen LogP contribution is 2.38. The number of hydrogen-bond acceptors (Lipinski definition) is 5. The third-order valence-corrected chi connectivity index (χ3v) is 4.89. The van der Waals surface area contributed by atoms with Crippen LogP contribution in [0, 0.1) is 0 Å². The standard InChI is InChI=1S/C20H20N2O3S/c1-13(14-8-5-4-6-9-14)21-19(23)16-12-26-20(22-16)15-10-7-11-17(24-2)18(15)25-3/h4-13H,1-3H3,(H,21,23)/t13-/m0/s1. The molecular formula is C20H20N2O3S. The summed E-state index contributed by atoms with van der Waals surface area (Å²) in [5.74, 6) is 1.03. The van der Waals surface area contributed by atoms with Gasteiger partial charge in [-0.3, -0.25) is 4.79 Å². The predicted octanol–water partition coefficient (Wildman–Crippen LogP) is 4.32. The number of aromatic nitrogens is 1. The van der Waals surface area contributed by atoms with E-state index in [0.29, 0.717) is 22.2 Å². The predicted molar refractivity (Wildman–Crippen MR) is 103 cm³/mol. The first kappa shape index (κ1) is 17.9. The molecule has 0 bridgehead atoms. The minimum Gasteiger partial charge on any atom is -0.493 e. The second-order valence-corrected chi connectivity index (χ2v) is 6.54. The van der Waals surface area contributed by atoms with E-state index in [1.165, 1.54) is 11.3 Å². The highest BCUT2D eigenvalue weighted by molar-refractivity contribution is 7.13. The third kappa shape index (κ3) is 3.70. The van der Waals surface area contributed by atoms with Crippen LogP contribution < -0.4 is 14.8 Å². The van der Waals surface area contributed by atoms with Crippen molar-refractivity contribution >= 4 is 17.2 Å². The van der Waals surface area contributed by atoms with Crippen molar-refractivity contribution in [3.63, 3.8) is 0 Å². The number of thiazole rings is 1. The molecule has 1 heterocycles. The third-order valence-electron chi connectivity index (χ3n) is 4.02. The highest BCUT2D eigenvalue weighted by Gasteiger charge is 2.18. The molecule has 0 fully saturated rings. The van der Waals surface area contributed by atoms with E-state index in [-0.39, 0.29) is 11.9 Å². The average Bonchev–Trinajstić information content (AvgIpc) is 3.18. The van der Waals surface area contributed by atoms with Gasteiger partial charge in [0.25, 0.3) is 5.91 Å². The van der Waals surface area contributed by atoms with Crippen molar-refractivity contribution in [3.8, 4) is 22.1 Å². The van der Waals surface area contributed by atoms with Crippen LogP contribution in [0.1, 0.15) is 29.0 Å². The summed E-state index contributed by atoms with van der Waals surface area (Å²) in [5, 5.41) is 5.44. The minimum atomic E-state index is -0.203. The van der Waals surface area contributed by atoms with E-state index in [0.717, 1.165) is 11.1 Å². The molecule has 1 atom stereocenters. The Kier molecular flexibility index (Phi) is 5.53. The molecule has 0 spiro atoms. The smallest absolute Gasteiger partial charge is 0.271 e. The lowest BCUT2D eigenvalue weighted by Crippen LogP contribution is -2.26. The molecule has 1 amide bonds. The van der Waals surface area contributed by atoms with Gasteiger partial charge in [-0.2, -0.15) is 0 Å². The number of hydrogen-bond donors (Lipinski definition) is 1. The first-order valence-corrected chi connectivity index (χ1v) is 9.04. The second kappa shape index (κ2) is 8.01. The van der Waals surface area contributed by atoms with Gasteiger partial charge in [0.15, 0.2) is 11.5 Å². The van der Waals surface area contributed by atoms with Crippen LogP contribution in [-0.4, -0.2) is 25.1 Å². The second-order valence-electron chi connectivity index (χ2n) is 5.68. The first-order chi connectivity index (χ1) is 12.6. The van der Waals surface area contributed by atoms with Gasteiger partial charge in [-0.1, -0.05) is 36.4 Å². The van der Waals surface area contributed by atoms with E-state index in [2.05, 4.69) is 10.3 Å². The summed E-state index contributed by atoms with van der Waals surface area (Å²) in [7, 11) is 3.18. The van der Waals surface area contributed by atoms with Gasteiger partial charge < -0.3 is 14.8 Å². The van der Waals surface area contributed by atoms with E-state index in [1.54, 1.807) is 19.6 Å². The molecule has 2 aromatic carbocycles. The number of rotatable bonds is 6. The SMILES string of the molecule is COc1cccc(-c2nc(C(=O)N[C@@H](C)c3ccccc3)cs2)c1OC. The fourth-order valence-electron chi connectivity index (χ4n) is 2.65. The van der Waals surface area contributed by atoms with Crippen molar-refractivity contribution < 1.29 is 14.3 Å². The van der Waals surface area contributed by atoms with Crippen LogP contribution in [0.2, 0.25) is 0 Å². The Morgan fingerprint density at radius 2 is 1.85 bits per heavy atom. The summed E-state index contributed by atoms with van der Waals surface area (Å²) in [6, 6.07) is 15.3. The lowest BCUT2D eigenvalue weighted by atomic mass is 10.1. The Balaban J connectivity index is 1.81. The molecule has 134 valence electrons. The molecule has 3 aromatic rings. The molecule has 0 aliphatic heterocycles. The van der Waals surface area contributed by atoms with E-state index >= 15 is 0 Å². The summed E-state index contributed by atoms with van der Waals surface area (Å²) < 4.78 is 10.8. The quantitative estimate of drug-likeness (QED) is 0.704. The Hall–Kier alpha value is -2.86. The van der Waals surface area contributed by atoms with E-state index in [4.69, 9.17) is 9.47 Å². The number of ether oxygens (including phenoxy) is 2. The van der Waals surface area contributed by atoms with Gasteiger partial charge in [-0.05, 0) is 24.6 Å². The summed E-state index contributed by atoms with van der Waals surface area (Å²) >= 11 is 1.40. The summed E-state index contributed by atoms with van der Waals surface area (Å²) in [5.41, 5.74) is 2.23. The van der Waals surface area contributed by atoms with Crippen LogP contribution in [0.15, 0.2) is 53.9 Å². The van der Waals surface area contributed by atoms with Gasteiger partial charge in [0.05, 0.1) is 25.8 Å². The fraction of sp³-hybridized carbons (Fsp3) is 0.200. The van der Waals surface area contributed by atoms with Crippen molar-refractivity contribution in [2.75, 3.05) is 14.2 Å². The molecule has 6 heteroatoms. The average molecular weight is 368 g/mol. The number of carbonyl (C=O) groups excluding carboxylic acids is 1. The maximum Gasteiger partial charge on any atom is 0.271 e. The van der Waals surface area contributed by atoms with Crippen molar-refractivity contribution in [1.82, 2.24) is 10.3 Å². The van der Waals surface area contributed by atoms with Gasteiger partial charge in [-0.15, -0.1) is 11.3 Å². The number of para-hydroxylation sites is 1. The number of carbonyl (C=O) groups is 1. The monoisotopic (exact) mass is 368 g/mol. The molecule has 26 heavy (non-hydrogen) atoms. The van der Waals surface area contributed by atoms with Crippen LogP contribution >= 0.6 is 11.3 Å². The molecule has 0 unspecified atom stereocenters. The molecule has 0 saturated heterocycles. The molecule has 0 radical (unpaired) electrons. The molecule has 0 saturated carbocycles. The van der Waals surface area contributed by atoms with E-state index in [1.807, 2.05) is 55.5 Å². The number of amides is 1. The van der Waals surface area contributed by atoms with Crippen LogP contribution in [0.25, 0.3) is 10.6 Å². The van der Waals surface area contributed by atoms with Gasteiger partial charge in [-0.25, -0.2) is 4.98 Å². The van der Waals surface area contributed by atoms with Crippen molar-refractivity contribution in [3.05, 3.63) is 65.2 Å². The van der Waals surface area contributed by atoms with E-state index < -0.39 is 0 Å². The molecule has 1 aromatic heterocycles.